The summed E-state index contributed by atoms with van der Waals surface area (Å²) in [5, 5.41) is 12.0. The van der Waals surface area contributed by atoms with E-state index in [1.54, 1.807) is 17.1 Å². The van der Waals surface area contributed by atoms with Gasteiger partial charge in [0.25, 0.3) is 0 Å². The van der Waals surface area contributed by atoms with Crippen LogP contribution in [0.25, 0.3) is 22.6 Å². The second-order valence-electron chi connectivity index (χ2n) is 7.16. The number of nitrogens with zero attached hydrogens (tertiary/aromatic N) is 4. The van der Waals surface area contributed by atoms with E-state index in [-0.39, 0.29) is 0 Å². The van der Waals surface area contributed by atoms with E-state index in [9.17, 15) is 0 Å². The number of hydrogen-bond acceptors (Lipinski definition) is 5. The molecule has 2 unspecified atom stereocenters. The molecule has 4 heterocycles. The molecule has 3 aromatic heterocycles. The van der Waals surface area contributed by atoms with Gasteiger partial charge in [0, 0.05) is 19.3 Å². The summed E-state index contributed by atoms with van der Waals surface area (Å²) in [4.78, 5) is 12.3. The predicted octanol–water partition coefficient (Wildman–Crippen LogP) is 3.45. The second-order valence-corrected chi connectivity index (χ2v) is 7.57. The van der Waals surface area contributed by atoms with Crippen molar-refractivity contribution in [2.75, 3.05) is 18.4 Å². The minimum atomic E-state index is 0.449. The van der Waals surface area contributed by atoms with E-state index < -0.39 is 0 Å². The summed E-state index contributed by atoms with van der Waals surface area (Å²) in [6, 6.07) is 0.449. The fourth-order valence-electron chi connectivity index (χ4n) is 4.24. The van der Waals surface area contributed by atoms with Gasteiger partial charge in [0.2, 0.25) is 0 Å². The Balaban J connectivity index is 0.000000872. The molecule has 0 bridgehead atoms. The Bertz CT molecular complexity index is 919. The van der Waals surface area contributed by atoms with E-state index in [0.717, 1.165) is 47.5 Å². The Labute approximate surface area is 163 Å². The first kappa shape index (κ1) is 18.3. The van der Waals surface area contributed by atoms with Crippen LogP contribution in [0.15, 0.2) is 18.6 Å². The van der Waals surface area contributed by atoms with E-state index in [1.165, 1.54) is 12.8 Å². The molecule has 7 nitrogen and oxygen atoms in total. The first-order chi connectivity index (χ1) is 13.2. The largest absolute Gasteiger partial charge is 0.379 e. The molecule has 144 valence electrons. The molecule has 5 rings (SSSR count). The summed E-state index contributed by atoms with van der Waals surface area (Å²) in [5.74, 6) is 2.32. The molecule has 3 N–H and O–H groups in total. The number of aryl methyl sites for hydroxylation is 1. The third kappa shape index (κ3) is 3.41. The molecular formula is C19H26ClN7. The zero-order valence-electron chi connectivity index (χ0n) is 16.0. The predicted molar refractivity (Wildman–Crippen MR) is 109 cm³/mol. The number of H-pyrrole nitrogens is 1. The number of fused-ring (bicyclic) bond motifs is 2. The molecule has 1 saturated carbocycles. The Morgan fingerprint density at radius 2 is 1.93 bits per heavy atom. The van der Waals surface area contributed by atoms with Crippen molar-refractivity contribution in [2.24, 2.45) is 18.9 Å². The first-order valence-electron chi connectivity index (χ1n) is 9.68. The maximum Gasteiger partial charge on any atom is 0.180 e. The highest BCUT2D eigenvalue weighted by Gasteiger charge is 2.37. The highest BCUT2D eigenvalue weighted by Crippen LogP contribution is 2.38. The van der Waals surface area contributed by atoms with Crippen LogP contribution in [-0.4, -0.2) is 43.9 Å². The number of rotatable bonds is 3. The number of aromatic nitrogens is 5. The minimum Gasteiger partial charge on any atom is -0.379 e. The molecule has 0 aromatic carbocycles. The van der Waals surface area contributed by atoms with Gasteiger partial charge < -0.3 is 15.6 Å². The Kier molecular flexibility index (Phi) is 5.06. The van der Waals surface area contributed by atoms with E-state index >= 15 is 0 Å². The van der Waals surface area contributed by atoms with E-state index in [1.807, 2.05) is 27.1 Å². The second kappa shape index (κ2) is 7.48. The number of pyridine rings is 1. The fourth-order valence-corrected chi connectivity index (χ4v) is 4.44. The molecule has 2 aliphatic rings. The fraction of sp³-hybridized carbons (Fsp3) is 0.526. The number of halogens is 1. The van der Waals surface area contributed by atoms with E-state index in [4.69, 9.17) is 11.6 Å². The van der Waals surface area contributed by atoms with Crippen molar-refractivity contribution in [3.63, 3.8) is 0 Å². The monoisotopic (exact) mass is 387 g/mol. The summed E-state index contributed by atoms with van der Waals surface area (Å²) in [6.45, 7) is 6.27. The van der Waals surface area contributed by atoms with Crippen LogP contribution in [0.5, 0.6) is 0 Å². The van der Waals surface area contributed by atoms with Crippen molar-refractivity contribution >= 4 is 28.5 Å². The van der Waals surface area contributed by atoms with E-state index in [2.05, 4.69) is 30.7 Å². The number of imidazole rings is 1. The maximum atomic E-state index is 6.46. The van der Waals surface area contributed by atoms with Crippen molar-refractivity contribution in [3.8, 4) is 11.4 Å². The van der Waals surface area contributed by atoms with Gasteiger partial charge in [-0.15, -0.1) is 0 Å². The van der Waals surface area contributed by atoms with Crippen molar-refractivity contribution < 1.29 is 0 Å². The van der Waals surface area contributed by atoms with Crippen LogP contribution in [0.1, 0.15) is 26.7 Å². The molecule has 1 aliphatic carbocycles. The number of aromatic amines is 1. The van der Waals surface area contributed by atoms with Crippen molar-refractivity contribution in [1.82, 2.24) is 30.0 Å². The summed E-state index contributed by atoms with van der Waals surface area (Å²) in [7, 11) is 1.89. The molecule has 1 aliphatic heterocycles. The van der Waals surface area contributed by atoms with Gasteiger partial charge >= 0.3 is 0 Å². The molecule has 0 radical (unpaired) electrons. The van der Waals surface area contributed by atoms with Gasteiger partial charge in [-0.05, 0) is 37.8 Å². The Hall–Kier alpha value is -2.12. The van der Waals surface area contributed by atoms with Gasteiger partial charge in [0.15, 0.2) is 5.65 Å². The lowest BCUT2D eigenvalue weighted by Gasteiger charge is -2.16. The maximum absolute atomic E-state index is 6.46. The molecule has 2 fully saturated rings. The van der Waals surface area contributed by atoms with Crippen LogP contribution in [0, 0.1) is 11.8 Å². The first-order valence-corrected chi connectivity index (χ1v) is 10.1. The van der Waals surface area contributed by atoms with Gasteiger partial charge in [-0.3, -0.25) is 4.68 Å². The van der Waals surface area contributed by atoms with Crippen LogP contribution < -0.4 is 10.6 Å². The molecule has 1 saturated heterocycles. The molecule has 0 amide bonds. The third-order valence-electron chi connectivity index (χ3n) is 5.45. The van der Waals surface area contributed by atoms with Crippen molar-refractivity contribution in [3.05, 3.63) is 23.6 Å². The smallest absolute Gasteiger partial charge is 0.180 e. The zero-order valence-corrected chi connectivity index (χ0v) is 16.7. The molecule has 0 spiro atoms. The number of hydrogen-bond donors (Lipinski definition) is 3. The van der Waals surface area contributed by atoms with Crippen LogP contribution in [-0.2, 0) is 7.05 Å². The van der Waals surface area contributed by atoms with Gasteiger partial charge in [-0.2, -0.15) is 5.10 Å². The highest BCUT2D eigenvalue weighted by atomic mass is 35.5. The summed E-state index contributed by atoms with van der Waals surface area (Å²) in [5.41, 5.74) is 3.38. The standard InChI is InChI=1S/C17H20ClN7.C2H6/c1-25-8-11(6-21-25)16-23-15-14(13(18)7-20-17(15)24-16)22-12-2-9-4-19-5-10(9)3-12;1-2/h6-10,12,19H,2-5H2,1H3,(H2,20,22,23,24);1-2H3. The lowest BCUT2D eigenvalue weighted by atomic mass is 10.0. The quantitative estimate of drug-likeness (QED) is 0.641. The van der Waals surface area contributed by atoms with Crippen LogP contribution >= 0.6 is 11.6 Å². The average Bonchev–Trinajstić information content (AvgIpc) is 3.42. The lowest BCUT2D eigenvalue weighted by molar-refractivity contribution is 0.494. The van der Waals surface area contributed by atoms with Crippen molar-refractivity contribution in [2.45, 2.75) is 32.7 Å². The van der Waals surface area contributed by atoms with Crippen molar-refractivity contribution in [1.29, 1.82) is 0 Å². The number of anilines is 1. The van der Waals surface area contributed by atoms with E-state index in [0.29, 0.717) is 16.7 Å². The topological polar surface area (TPSA) is 83.5 Å². The molecule has 8 heteroatoms. The number of nitrogens with one attached hydrogen (secondary N) is 3. The van der Waals surface area contributed by atoms with Gasteiger partial charge in [-0.1, -0.05) is 25.4 Å². The van der Waals surface area contributed by atoms with Gasteiger partial charge in [0.05, 0.1) is 28.7 Å². The van der Waals surface area contributed by atoms with Crippen LogP contribution in [0.3, 0.4) is 0 Å². The summed E-state index contributed by atoms with van der Waals surface area (Å²) >= 11 is 6.46. The van der Waals surface area contributed by atoms with Gasteiger partial charge in [-0.25, -0.2) is 9.97 Å². The van der Waals surface area contributed by atoms with Gasteiger partial charge in [0.1, 0.15) is 11.3 Å². The SMILES string of the molecule is CC.Cn1cc(-c2nc3ncc(Cl)c(NC4CC5CNCC5C4)c3[nH]2)cn1. The normalized spacial score (nSPS) is 23.9. The van der Waals surface area contributed by atoms with Crippen LogP contribution in [0.2, 0.25) is 5.02 Å². The zero-order chi connectivity index (χ0) is 19.0. The van der Waals surface area contributed by atoms with Crippen LogP contribution in [0.4, 0.5) is 5.69 Å². The highest BCUT2D eigenvalue weighted by molar-refractivity contribution is 6.34. The molecule has 2 atom stereocenters. The minimum absolute atomic E-state index is 0.449. The molecule has 3 aromatic rings. The molecule has 27 heavy (non-hydrogen) atoms. The third-order valence-corrected chi connectivity index (χ3v) is 5.74. The summed E-state index contributed by atoms with van der Waals surface area (Å²) in [6.07, 6.45) is 7.76. The Morgan fingerprint density at radius 1 is 1.19 bits per heavy atom. The molecular weight excluding hydrogens is 362 g/mol. The average molecular weight is 388 g/mol. The Morgan fingerprint density at radius 3 is 2.59 bits per heavy atom. The summed E-state index contributed by atoms with van der Waals surface area (Å²) < 4.78 is 1.76. The lowest BCUT2D eigenvalue weighted by Crippen LogP contribution is -2.20.